The lowest BCUT2D eigenvalue weighted by molar-refractivity contribution is 0.545. The molecule has 0 fully saturated rings. The molecule has 0 aromatic carbocycles. The van der Waals surface area contributed by atoms with E-state index in [1.165, 1.54) is 11.4 Å². The molecule has 1 N–H and O–H groups in total. The number of rotatable bonds is 6. The summed E-state index contributed by atoms with van der Waals surface area (Å²) in [4.78, 5) is 0. The van der Waals surface area contributed by atoms with Crippen molar-refractivity contribution in [2.45, 2.75) is 33.0 Å². The molecule has 0 atom stereocenters. The first-order chi connectivity index (χ1) is 8.31. The Morgan fingerprint density at radius 2 is 2.06 bits per heavy atom. The Kier molecular flexibility index (Phi) is 3.98. The molecule has 0 saturated carbocycles. The van der Waals surface area contributed by atoms with Crippen LogP contribution in [0.5, 0.6) is 0 Å². The third-order valence-electron chi connectivity index (χ3n) is 2.90. The Bertz CT molecular complexity index is 455. The van der Waals surface area contributed by atoms with Gasteiger partial charge in [0.05, 0.1) is 5.69 Å². The molecule has 0 aliphatic carbocycles. The topological polar surface area (TPSA) is 34.8 Å². The van der Waals surface area contributed by atoms with Gasteiger partial charge in [0.25, 0.3) is 0 Å². The monoisotopic (exact) mass is 232 g/mol. The number of hydrogen-bond donors (Lipinski definition) is 1. The maximum Gasteiger partial charge on any atom is 0.0522 e. The summed E-state index contributed by atoms with van der Waals surface area (Å²) in [6.07, 6.45) is 5.06. The van der Waals surface area contributed by atoms with E-state index in [0.29, 0.717) is 0 Å². The third-order valence-corrected chi connectivity index (χ3v) is 2.90. The second kappa shape index (κ2) is 5.68. The van der Waals surface area contributed by atoms with E-state index in [4.69, 9.17) is 0 Å². The highest BCUT2D eigenvalue weighted by molar-refractivity contribution is 5.07. The lowest BCUT2D eigenvalue weighted by Crippen LogP contribution is -2.17. The zero-order valence-electron chi connectivity index (χ0n) is 10.6. The van der Waals surface area contributed by atoms with Crippen molar-refractivity contribution in [1.29, 1.82) is 0 Å². The standard InChI is InChI=1S/C13H20N4/c1-3-8-17-13(6-7-15-17)11-14-10-12-5-4-9-16(12)2/h4-7,9,14H,3,8,10-11H2,1-2H3. The van der Waals surface area contributed by atoms with Gasteiger partial charge in [0.2, 0.25) is 0 Å². The molecule has 0 amide bonds. The maximum absolute atomic E-state index is 4.31. The number of nitrogens with zero attached hydrogens (tertiary/aromatic N) is 3. The van der Waals surface area contributed by atoms with Gasteiger partial charge >= 0.3 is 0 Å². The van der Waals surface area contributed by atoms with Crippen molar-refractivity contribution in [2.75, 3.05) is 0 Å². The summed E-state index contributed by atoms with van der Waals surface area (Å²) < 4.78 is 4.20. The summed E-state index contributed by atoms with van der Waals surface area (Å²) in [5, 5.41) is 7.76. The molecular formula is C13H20N4. The Morgan fingerprint density at radius 1 is 1.24 bits per heavy atom. The Labute approximate surface area is 102 Å². The summed E-state index contributed by atoms with van der Waals surface area (Å²) in [5.74, 6) is 0. The molecule has 2 rings (SSSR count). The average molecular weight is 232 g/mol. The van der Waals surface area contributed by atoms with Crippen LogP contribution in [0, 0.1) is 0 Å². The van der Waals surface area contributed by atoms with Crippen molar-refractivity contribution < 1.29 is 0 Å². The van der Waals surface area contributed by atoms with Gasteiger partial charge in [-0.15, -0.1) is 0 Å². The second-order valence-corrected chi connectivity index (χ2v) is 4.26. The first-order valence-electron chi connectivity index (χ1n) is 6.13. The number of hydrogen-bond acceptors (Lipinski definition) is 2. The summed E-state index contributed by atoms with van der Waals surface area (Å²) in [6.45, 7) is 4.92. The van der Waals surface area contributed by atoms with E-state index in [9.17, 15) is 0 Å². The van der Waals surface area contributed by atoms with Gasteiger partial charge < -0.3 is 9.88 Å². The van der Waals surface area contributed by atoms with Crippen LogP contribution in [-0.2, 0) is 26.7 Å². The van der Waals surface area contributed by atoms with Crippen LogP contribution in [0.3, 0.4) is 0 Å². The normalized spacial score (nSPS) is 10.9. The van der Waals surface area contributed by atoms with Crippen LogP contribution in [0.25, 0.3) is 0 Å². The Morgan fingerprint density at radius 3 is 2.76 bits per heavy atom. The minimum absolute atomic E-state index is 0.866. The second-order valence-electron chi connectivity index (χ2n) is 4.26. The summed E-state index contributed by atoms with van der Waals surface area (Å²) in [5.41, 5.74) is 2.55. The van der Waals surface area contributed by atoms with Crippen LogP contribution in [0.2, 0.25) is 0 Å². The lowest BCUT2D eigenvalue weighted by Gasteiger charge is -2.08. The molecular weight excluding hydrogens is 212 g/mol. The molecule has 0 spiro atoms. The van der Waals surface area contributed by atoms with E-state index in [2.05, 4.69) is 58.0 Å². The molecule has 17 heavy (non-hydrogen) atoms. The highest BCUT2D eigenvalue weighted by atomic mass is 15.3. The van der Waals surface area contributed by atoms with Gasteiger partial charge in [-0.05, 0) is 24.6 Å². The van der Waals surface area contributed by atoms with Crippen molar-refractivity contribution in [3.05, 3.63) is 42.0 Å². The first-order valence-corrected chi connectivity index (χ1v) is 6.13. The first kappa shape index (κ1) is 11.9. The zero-order valence-corrected chi connectivity index (χ0v) is 10.6. The van der Waals surface area contributed by atoms with Gasteiger partial charge in [-0.25, -0.2) is 0 Å². The Balaban J connectivity index is 1.86. The van der Waals surface area contributed by atoms with Crippen molar-refractivity contribution in [1.82, 2.24) is 19.7 Å². The number of aryl methyl sites for hydroxylation is 2. The van der Waals surface area contributed by atoms with Crippen molar-refractivity contribution in [3.8, 4) is 0 Å². The van der Waals surface area contributed by atoms with Crippen molar-refractivity contribution >= 4 is 0 Å². The minimum Gasteiger partial charge on any atom is -0.353 e. The summed E-state index contributed by atoms with van der Waals surface area (Å²) in [6, 6.07) is 6.28. The van der Waals surface area contributed by atoms with E-state index < -0.39 is 0 Å². The molecule has 4 heteroatoms. The highest BCUT2D eigenvalue weighted by Crippen LogP contribution is 2.02. The third kappa shape index (κ3) is 2.97. The highest BCUT2D eigenvalue weighted by Gasteiger charge is 2.01. The van der Waals surface area contributed by atoms with Crippen LogP contribution in [0.15, 0.2) is 30.6 Å². The quantitative estimate of drug-likeness (QED) is 0.825. The molecule has 2 aromatic rings. The van der Waals surface area contributed by atoms with Gasteiger partial charge in [0.1, 0.15) is 0 Å². The minimum atomic E-state index is 0.866. The van der Waals surface area contributed by atoms with Crippen LogP contribution in [0.1, 0.15) is 24.7 Å². The van der Waals surface area contributed by atoms with Gasteiger partial charge in [-0.3, -0.25) is 4.68 Å². The smallest absolute Gasteiger partial charge is 0.0522 e. The zero-order chi connectivity index (χ0) is 12.1. The number of aromatic nitrogens is 3. The van der Waals surface area contributed by atoms with E-state index >= 15 is 0 Å². The van der Waals surface area contributed by atoms with E-state index in [0.717, 1.165) is 26.1 Å². The largest absolute Gasteiger partial charge is 0.353 e. The van der Waals surface area contributed by atoms with Gasteiger partial charge in [0, 0.05) is 44.8 Å². The average Bonchev–Trinajstić information content (AvgIpc) is 2.90. The molecule has 2 aromatic heterocycles. The molecule has 92 valence electrons. The molecule has 2 heterocycles. The fraction of sp³-hybridized carbons (Fsp3) is 0.462. The van der Waals surface area contributed by atoms with Gasteiger partial charge in [-0.2, -0.15) is 5.10 Å². The van der Waals surface area contributed by atoms with Gasteiger partial charge in [-0.1, -0.05) is 6.92 Å². The fourth-order valence-corrected chi connectivity index (χ4v) is 1.92. The molecule has 0 radical (unpaired) electrons. The van der Waals surface area contributed by atoms with Gasteiger partial charge in [0.15, 0.2) is 0 Å². The molecule has 0 bridgehead atoms. The lowest BCUT2D eigenvalue weighted by atomic mass is 10.3. The van der Waals surface area contributed by atoms with Crippen LogP contribution >= 0.6 is 0 Å². The molecule has 4 nitrogen and oxygen atoms in total. The van der Waals surface area contributed by atoms with Crippen molar-refractivity contribution in [3.63, 3.8) is 0 Å². The summed E-state index contributed by atoms with van der Waals surface area (Å²) >= 11 is 0. The van der Waals surface area contributed by atoms with Crippen LogP contribution in [0.4, 0.5) is 0 Å². The molecule has 0 saturated heterocycles. The van der Waals surface area contributed by atoms with E-state index in [-0.39, 0.29) is 0 Å². The Hall–Kier alpha value is -1.55. The van der Waals surface area contributed by atoms with Crippen LogP contribution in [-0.4, -0.2) is 14.3 Å². The molecule has 0 unspecified atom stereocenters. The number of nitrogens with one attached hydrogen (secondary N) is 1. The molecule has 0 aliphatic heterocycles. The van der Waals surface area contributed by atoms with Crippen molar-refractivity contribution in [2.24, 2.45) is 7.05 Å². The van der Waals surface area contributed by atoms with E-state index in [1.807, 2.05) is 6.20 Å². The van der Waals surface area contributed by atoms with E-state index in [1.54, 1.807) is 0 Å². The van der Waals surface area contributed by atoms with Crippen LogP contribution < -0.4 is 5.32 Å². The summed E-state index contributed by atoms with van der Waals surface area (Å²) in [7, 11) is 2.07. The SMILES string of the molecule is CCCn1nccc1CNCc1cccn1C. The fourth-order valence-electron chi connectivity index (χ4n) is 1.92. The predicted octanol–water partition coefficient (Wildman–Crippen LogP) is 1.92. The molecule has 0 aliphatic rings. The maximum atomic E-state index is 4.31. The predicted molar refractivity (Wildman–Crippen MR) is 68.5 cm³/mol.